The predicted molar refractivity (Wildman–Crippen MR) is 115 cm³/mol. The van der Waals surface area contributed by atoms with E-state index < -0.39 is 0 Å². The molecule has 0 radical (unpaired) electrons. The first-order valence-corrected chi connectivity index (χ1v) is 9.99. The summed E-state index contributed by atoms with van der Waals surface area (Å²) >= 11 is 0. The molecule has 0 fully saturated rings. The summed E-state index contributed by atoms with van der Waals surface area (Å²) in [5, 5.41) is 12.8. The number of fused-ring (bicyclic) bond motifs is 1. The van der Waals surface area contributed by atoms with Crippen LogP contribution in [0.2, 0.25) is 0 Å². The van der Waals surface area contributed by atoms with E-state index in [1.54, 1.807) is 11.1 Å². The van der Waals surface area contributed by atoms with Crippen molar-refractivity contribution in [2.75, 3.05) is 26.7 Å². The van der Waals surface area contributed by atoms with E-state index in [0.717, 1.165) is 11.1 Å². The maximum Gasteiger partial charge on any atom is 0.259 e. The molecule has 0 unspecified atom stereocenters. The Bertz CT molecular complexity index is 854. The van der Waals surface area contributed by atoms with Gasteiger partial charge in [-0.2, -0.15) is 0 Å². The van der Waals surface area contributed by atoms with Crippen LogP contribution in [0.3, 0.4) is 0 Å². The highest BCUT2D eigenvalue weighted by Crippen LogP contribution is 2.27. The lowest BCUT2D eigenvalue weighted by atomic mass is 10.00. The van der Waals surface area contributed by atoms with E-state index in [9.17, 15) is 9.90 Å². The van der Waals surface area contributed by atoms with Crippen LogP contribution >= 0.6 is 0 Å². The molecule has 2 aromatic rings. The number of aliphatic hydroxyl groups is 1. The number of amides is 1. The molecule has 29 heavy (non-hydrogen) atoms. The lowest BCUT2D eigenvalue weighted by Crippen LogP contribution is -2.49. The normalized spacial score (nSPS) is 20.7. The first-order valence-electron chi connectivity index (χ1n) is 9.99. The van der Waals surface area contributed by atoms with E-state index in [2.05, 4.69) is 10.3 Å². The minimum atomic E-state index is -0.283. The van der Waals surface area contributed by atoms with E-state index in [-0.39, 0.29) is 30.6 Å². The lowest BCUT2D eigenvalue weighted by molar-refractivity contribution is 0.0404. The monoisotopic (exact) mass is 395 g/mol. The Balaban J connectivity index is 1.97. The second-order valence-electron chi connectivity index (χ2n) is 7.55. The zero-order valence-corrected chi connectivity index (χ0v) is 17.2. The van der Waals surface area contributed by atoms with Gasteiger partial charge in [-0.3, -0.25) is 4.79 Å². The highest BCUT2D eigenvalue weighted by Gasteiger charge is 2.33. The molecular weight excluding hydrogens is 366 g/mol. The smallest absolute Gasteiger partial charge is 0.259 e. The molecule has 6 nitrogen and oxygen atoms in total. The standard InChI is InChI=1S/C23H29N3O3/c1-16-14-26(17(2)15-27)23(28)20-11-19(10-9-18-7-5-4-6-8-18)12-25-22(20)29-21(16)13-24-3/h4-12,16-17,21,24,27H,13-15H2,1-3H3/t16-,17+,21-/m1/s1. The molecule has 1 aliphatic heterocycles. The van der Waals surface area contributed by atoms with Crippen molar-refractivity contribution in [1.82, 2.24) is 15.2 Å². The van der Waals surface area contributed by atoms with Gasteiger partial charge in [-0.1, -0.05) is 49.4 Å². The molecule has 1 aromatic carbocycles. The molecule has 3 atom stereocenters. The van der Waals surface area contributed by atoms with Gasteiger partial charge in [0.2, 0.25) is 5.88 Å². The summed E-state index contributed by atoms with van der Waals surface area (Å²) < 4.78 is 6.13. The number of nitrogens with one attached hydrogen (secondary N) is 1. The number of aliphatic hydroxyl groups excluding tert-OH is 1. The van der Waals surface area contributed by atoms with Gasteiger partial charge in [0.05, 0.1) is 12.6 Å². The summed E-state index contributed by atoms with van der Waals surface area (Å²) in [5.74, 6) is 0.264. The lowest BCUT2D eigenvalue weighted by Gasteiger charge is -2.36. The number of likely N-dealkylation sites (N-methyl/N-ethyl adjacent to an activating group) is 1. The SMILES string of the molecule is CNC[C@H]1Oc2ncc(C=Cc3ccccc3)cc2C(=O)N([C@@H](C)CO)C[C@H]1C. The van der Waals surface area contributed by atoms with Crippen molar-refractivity contribution in [3.8, 4) is 5.88 Å². The molecule has 0 saturated heterocycles. The third-order valence-electron chi connectivity index (χ3n) is 5.22. The number of rotatable bonds is 6. The Kier molecular flexibility index (Phi) is 7.01. The molecule has 3 rings (SSSR count). The van der Waals surface area contributed by atoms with Crippen molar-refractivity contribution in [1.29, 1.82) is 0 Å². The van der Waals surface area contributed by atoms with Gasteiger partial charge in [0.1, 0.15) is 11.7 Å². The number of hydrogen-bond acceptors (Lipinski definition) is 5. The minimum Gasteiger partial charge on any atom is -0.472 e. The molecule has 1 aliphatic rings. The van der Waals surface area contributed by atoms with Gasteiger partial charge < -0.3 is 20.1 Å². The molecule has 1 amide bonds. The van der Waals surface area contributed by atoms with Gasteiger partial charge in [-0.25, -0.2) is 4.98 Å². The molecule has 2 heterocycles. The number of pyridine rings is 1. The predicted octanol–water partition coefficient (Wildman–Crippen LogP) is 2.69. The number of ether oxygens (including phenoxy) is 1. The summed E-state index contributed by atoms with van der Waals surface area (Å²) in [6, 6.07) is 11.5. The molecular formula is C23H29N3O3. The summed E-state index contributed by atoms with van der Waals surface area (Å²) in [6.07, 6.45) is 5.51. The highest BCUT2D eigenvalue weighted by atomic mass is 16.5. The second-order valence-corrected chi connectivity index (χ2v) is 7.55. The van der Waals surface area contributed by atoms with E-state index in [1.165, 1.54) is 0 Å². The molecule has 2 N–H and O–H groups in total. The van der Waals surface area contributed by atoms with Crippen molar-refractivity contribution in [2.45, 2.75) is 26.0 Å². The zero-order chi connectivity index (χ0) is 20.8. The van der Waals surface area contributed by atoms with Crippen molar-refractivity contribution in [3.63, 3.8) is 0 Å². The molecule has 0 spiro atoms. The zero-order valence-electron chi connectivity index (χ0n) is 17.2. The average molecular weight is 396 g/mol. The fourth-order valence-electron chi connectivity index (χ4n) is 3.41. The van der Waals surface area contributed by atoms with Crippen LogP contribution in [-0.4, -0.2) is 59.8 Å². The summed E-state index contributed by atoms with van der Waals surface area (Å²) in [6.45, 7) is 4.97. The average Bonchev–Trinajstić information content (AvgIpc) is 2.75. The summed E-state index contributed by atoms with van der Waals surface area (Å²) in [5.41, 5.74) is 2.31. The second kappa shape index (κ2) is 9.67. The molecule has 0 saturated carbocycles. The minimum absolute atomic E-state index is 0.0907. The van der Waals surface area contributed by atoms with Crippen LogP contribution in [0.25, 0.3) is 12.2 Å². The van der Waals surface area contributed by atoms with E-state index >= 15 is 0 Å². The third kappa shape index (κ3) is 5.02. The van der Waals surface area contributed by atoms with E-state index in [0.29, 0.717) is 24.5 Å². The van der Waals surface area contributed by atoms with Gasteiger partial charge >= 0.3 is 0 Å². The first kappa shape index (κ1) is 21.0. The fourth-order valence-corrected chi connectivity index (χ4v) is 3.41. The van der Waals surface area contributed by atoms with Crippen LogP contribution in [0.4, 0.5) is 0 Å². The van der Waals surface area contributed by atoms with Gasteiger partial charge in [-0.05, 0) is 31.2 Å². The van der Waals surface area contributed by atoms with Crippen LogP contribution in [0.1, 0.15) is 35.3 Å². The van der Waals surface area contributed by atoms with Gasteiger partial charge in [0.15, 0.2) is 0 Å². The van der Waals surface area contributed by atoms with Gasteiger partial charge in [0.25, 0.3) is 5.91 Å². The number of hydrogen-bond donors (Lipinski definition) is 2. The van der Waals surface area contributed by atoms with Crippen LogP contribution in [0.5, 0.6) is 5.88 Å². The Hall–Kier alpha value is -2.70. The Morgan fingerprint density at radius 3 is 2.72 bits per heavy atom. The molecule has 1 aromatic heterocycles. The van der Waals surface area contributed by atoms with E-state index in [1.807, 2.05) is 69.4 Å². The Labute approximate surface area is 172 Å². The maximum atomic E-state index is 13.3. The van der Waals surface area contributed by atoms with Crippen molar-refractivity contribution in [3.05, 3.63) is 59.3 Å². The van der Waals surface area contributed by atoms with Crippen molar-refractivity contribution >= 4 is 18.1 Å². The van der Waals surface area contributed by atoms with Gasteiger partial charge in [0, 0.05) is 25.2 Å². The first-order chi connectivity index (χ1) is 14.0. The molecule has 6 heteroatoms. The third-order valence-corrected chi connectivity index (χ3v) is 5.22. The summed E-state index contributed by atoms with van der Waals surface area (Å²) in [7, 11) is 1.87. The molecule has 154 valence electrons. The van der Waals surface area contributed by atoms with Crippen LogP contribution in [0.15, 0.2) is 42.6 Å². The maximum absolute atomic E-state index is 13.3. The van der Waals surface area contributed by atoms with Gasteiger partial charge in [-0.15, -0.1) is 0 Å². The van der Waals surface area contributed by atoms with Crippen LogP contribution in [0, 0.1) is 5.92 Å². The number of carbonyl (C=O) groups is 1. The molecule has 0 bridgehead atoms. The highest BCUT2D eigenvalue weighted by molar-refractivity contribution is 5.97. The quantitative estimate of drug-likeness (QED) is 0.787. The van der Waals surface area contributed by atoms with Crippen LogP contribution in [-0.2, 0) is 0 Å². The molecule has 0 aliphatic carbocycles. The Morgan fingerprint density at radius 1 is 1.31 bits per heavy atom. The fraction of sp³-hybridized carbons (Fsp3) is 0.391. The Morgan fingerprint density at radius 2 is 2.03 bits per heavy atom. The number of nitrogens with zero attached hydrogens (tertiary/aromatic N) is 2. The topological polar surface area (TPSA) is 74.7 Å². The van der Waals surface area contributed by atoms with Crippen molar-refractivity contribution < 1.29 is 14.6 Å². The van der Waals surface area contributed by atoms with Crippen molar-refractivity contribution in [2.24, 2.45) is 5.92 Å². The summed E-state index contributed by atoms with van der Waals surface area (Å²) in [4.78, 5) is 19.5. The van der Waals surface area contributed by atoms with E-state index in [4.69, 9.17) is 4.74 Å². The van der Waals surface area contributed by atoms with Crippen LogP contribution < -0.4 is 10.1 Å². The largest absolute Gasteiger partial charge is 0.472 e. The number of benzene rings is 1. The number of carbonyl (C=O) groups excluding carboxylic acids is 1. The number of aromatic nitrogens is 1.